The molecule has 0 radical (unpaired) electrons. The molecule has 33 heavy (non-hydrogen) atoms. The number of amides is 1. The van der Waals surface area contributed by atoms with Crippen molar-refractivity contribution in [1.82, 2.24) is 15.2 Å². The van der Waals surface area contributed by atoms with Gasteiger partial charge in [-0.3, -0.25) is 9.89 Å². The molecule has 0 aliphatic rings. The van der Waals surface area contributed by atoms with Gasteiger partial charge in [0.05, 0.1) is 17.1 Å². The Morgan fingerprint density at radius 3 is 2.36 bits per heavy atom. The minimum Gasteiger partial charge on any atom is -0.325 e. The van der Waals surface area contributed by atoms with Gasteiger partial charge in [0.25, 0.3) is 0 Å². The minimum atomic E-state index is -0.284. The second kappa shape index (κ2) is 11.0. The number of H-pyrrole nitrogens is 1. The van der Waals surface area contributed by atoms with Crippen LogP contribution in [-0.2, 0) is 4.79 Å². The number of hydrogen-bond acceptors (Lipinski definition) is 6. The first-order valence-corrected chi connectivity index (χ1v) is 11.0. The molecule has 1 heterocycles. The molecule has 0 aliphatic carbocycles. The van der Waals surface area contributed by atoms with Crippen molar-refractivity contribution in [2.45, 2.75) is 5.16 Å². The van der Waals surface area contributed by atoms with Crippen molar-refractivity contribution < 1.29 is 9.18 Å². The highest BCUT2D eigenvalue weighted by molar-refractivity contribution is 7.99. The second-order valence-corrected chi connectivity index (χ2v) is 7.75. The number of nitrogens with one attached hydrogen (secondary N) is 2. The molecule has 0 fully saturated rings. The molecule has 9 heteroatoms. The molecule has 0 atom stereocenters. The zero-order valence-corrected chi connectivity index (χ0v) is 18.2. The lowest BCUT2D eigenvalue weighted by molar-refractivity contribution is -0.113. The SMILES string of the molecule is O=C(CSc1n[nH]c(/C=C/c2ccc(F)cc2)n1)Nc1ccc(N=Nc2ccccc2)cc1. The highest BCUT2D eigenvalue weighted by atomic mass is 32.2. The number of aromatic amines is 1. The second-order valence-electron chi connectivity index (χ2n) is 6.81. The average molecular weight is 459 g/mol. The van der Waals surface area contributed by atoms with E-state index in [1.54, 1.807) is 48.6 Å². The molecule has 4 aromatic rings. The third kappa shape index (κ3) is 6.94. The maximum Gasteiger partial charge on any atom is 0.234 e. The lowest BCUT2D eigenvalue weighted by Crippen LogP contribution is -2.13. The number of aromatic nitrogens is 3. The van der Waals surface area contributed by atoms with Gasteiger partial charge in [-0.2, -0.15) is 10.2 Å². The number of anilines is 1. The Hall–Kier alpha value is -4.11. The average Bonchev–Trinajstić information content (AvgIpc) is 3.31. The summed E-state index contributed by atoms with van der Waals surface area (Å²) in [4.78, 5) is 16.6. The molecule has 3 aromatic carbocycles. The quantitative estimate of drug-likeness (QED) is 0.241. The molecule has 1 aromatic heterocycles. The summed E-state index contributed by atoms with van der Waals surface area (Å²) < 4.78 is 13.0. The van der Waals surface area contributed by atoms with Gasteiger partial charge in [0, 0.05) is 5.69 Å². The smallest absolute Gasteiger partial charge is 0.234 e. The zero-order chi connectivity index (χ0) is 22.9. The molecular formula is C24H19FN6OS. The van der Waals surface area contributed by atoms with E-state index >= 15 is 0 Å². The van der Waals surface area contributed by atoms with Gasteiger partial charge in [-0.1, -0.05) is 48.2 Å². The number of benzene rings is 3. The van der Waals surface area contributed by atoms with Crippen LogP contribution in [-0.4, -0.2) is 26.8 Å². The van der Waals surface area contributed by atoms with E-state index < -0.39 is 0 Å². The fourth-order valence-electron chi connectivity index (χ4n) is 2.70. The topological polar surface area (TPSA) is 95.4 Å². The first-order chi connectivity index (χ1) is 16.1. The third-order valence-corrected chi connectivity index (χ3v) is 5.15. The van der Waals surface area contributed by atoms with E-state index in [0.717, 1.165) is 11.3 Å². The molecule has 0 aliphatic heterocycles. The minimum absolute atomic E-state index is 0.161. The molecule has 0 unspecified atom stereocenters. The van der Waals surface area contributed by atoms with Crippen LogP contribution < -0.4 is 5.32 Å². The summed E-state index contributed by atoms with van der Waals surface area (Å²) in [5, 5.41) is 18.5. The Morgan fingerprint density at radius 1 is 0.939 bits per heavy atom. The Balaban J connectivity index is 1.25. The Kier molecular flexibility index (Phi) is 7.34. The third-order valence-electron chi connectivity index (χ3n) is 4.31. The van der Waals surface area contributed by atoms with Crippen molar-refractivity contribution in [3.8, 4) is 0 Å². The lowest BCUT2D eigenvalue weighted by atomic mass is 10.2. The van der Waals surface area contributed by atoms with Crippen molar-refractivity contribution in [2.24, 2.45) is 10.2 Å². The monoisotopic (exact) mass is 458 g/mol. The fourth-order valence-corrected chi connectivity index (χ4v) is 3.30. The van der Waals surface area contributed by atoms with Crippen LogP contribution in [0.3, 0.4) is 0 Å². The van der Waals surface area contributed by atoms with E-state index in [1.807, 2.05) is 30.3 Å². The van der Waals surface area contributed by atoms with E-state index in [1.165, 1.54) is 23.9 Å². The van der Waals surface area contributed by atoms with E-state index in [2.05, 4.69) is 30.7 Å². The summed E-state index contributed by atoms with van der Waals surface area (Å²) in [6.45, 7) is 0. The number of carbonyl (C=O) groups excluding carboxylic acids is 1. The summed E-state index contributed by atoms with van der Waals surface area (Å²) in [6.07, 6.45) is 3.53. The van der Waals surface area contributed by atoms with Crippen molar-refractivity contribution in [3.63, 3.8) is 0 Å². The van der Waals surface area contributed by atoms with Gasteiger partial charge in [-0.05, 0) is 60.2 Å². The number of thioether (sulfide) groups is 1. The van der Waals surface area contributed by atoms with Crippen LogP contribution in [0.5, 0.6) is 0 Å². The van der Waals surface area contributed by atoms with Crippen LogP contribution in [0.2, 0.25) is 0 Å². The fraction of sp³-hybridized carbons (Fsp3) is 0.0417. The molecule has 7 nitrogen and oxygen atoms in total. The van der Waals surface area contributed by atoms with Crippen LogP contribution in [0.25, 0.3) is 12.2 Å². The van der Waals surface area contributed by atoms with Crippen LogP contribution in [0.15, 0.2) is 94.2 Å². The van der Waals surface area contributed by atoms with Gasteiger partial charge < -0.3 is 5.32 Å². The molecule has 164 valence electrons. The molecule has 0 saturated heterocycles. The molecular weight excluding hydrogens is 439 g/mol. The molecule has 2 N–H and O–H groups in total. The van der Waals surface area contributed by atoms with Crippen molar-refractivity contribution >= 4 is 46.9 Å². The van der Waals surface area contributed by atoms with Gasteiger partial charge in [0.1, 0.15) is 11.6 Å². The highest BCUT2D eigenvalue weighted by Gasteiger charge is 2.07. The first kappa shape index (κ1) is 22.1. The normalized spacial score (nSPS) is 11.3. The van der Waals surface area contributed by atoms with Gasteiger partial charge >= 0.3 is 0 Å². The Labute approximate surface area is 193 Å². The Bertz CT molecular complexity index is 1250. The van der Waals surface area contributed by atoms with Gasteiger partial charge in [-0.25, -0.2) is 9.37 Å². The van der Waals surface area contributed by atoms with Gasteiger partial charge in [0.2, 0.25) is 11.1 Å². The van der Waals surface area contributed by atoms with Crippen LogP contribution in [0.1, 0.15) is 11.4 Å². The predicted molar refractivity (Wildman–Crippen MR) is 128 cm³/mol. The van der Waals surface area contributed by atoms with E-state index in [0.29, 0.717) is 22.4 Å². The molecule has 0 bridgehead atoms. The summed E-state index contributed by atoms with van der Waals surface area (Å²) in [6, 6.07) is 22.7. The number of hydrogen-bond donors (Lipinski definition) is 2. The van der Waals surface area contributed by atoms with E-state index in [4.69, 9.17) is 0 Å². The lowest BCUT2D eigenvalue weighted by Gasteiger charge is -2.04. The summed E-state index contributed by atoms with van der Waals surface area (Å²) in [5.74, 6) is 0.247. The first-order valence-electron chi connectivity index (χ1n) is 10.00. The van der Waals surface area contributed by atoms with E-state index in [9.17, 15) is 9.18 Å². The number of rotatable bonds is 8. The number of nitrogens with zero attached hydrogens (tertiary/aromatic N) is 4. The van der Waals surface area contributed by atoms with Crippen LogP contribution >= 0.6 is 11.8 Å². The number of halogens is 1. The predicted octanol–water partition coefficient (Wildman–Crippen LogP) is 6.26. The maximum absolute atomic E-state index is 13.0. The molecule has 4 rings (SSSR count). The number of azo groups is 1. The van der Waals surface area contributed by atoms with Gasteiger partial charge in [-0.15, -0.1) is 5.10 Å². The Morgan fingerprint density at radius 2 is 1.64 bits per heavy atom. The molecule has 1 amide bonds. The van der Waals surface area contributed by atoms with Crippen molar-refractivity contribution in [1.29, 1.82) is 0 Å². The van der Waals surface area contributed by atoms with Crippen molar-refractivity contribution in [2.75, 3.05) is 11.1 Å². The molecule has 0 spiro atoms. The van der Waals surface area contributed by atoms with Gasteiger partial charge in [0.15, 0.2) is 0 Å². The summed E-state index contributed by atoms with van der Waals surface area (Å²) in [5.41, 5.74) is 2.97. The largest absolute Gasteiger partial charge is 0.325 e. The standard InChI is InChI=1S/C24H19FN6OS/c25-18-9-6-17(7-10-18)8-15-22-27-24(31-30-22)33-16-23(32)26-19-11-13-21(14-12-19)29-28-20-4-2-1-3-5-20/h1-15H,16H2,(H,26,32)(H,27,30,31)/b15-8+,29-28?. The van der Waals surface area contributed by atoms with Crippen molar-refractivity contribution in [3.05, 3.63) is 96.1 Å². The zero-order valence-electron chi connectivity index (χ0n) is 17.4. The van der Waals surface area contributed by atoms with Crippen LogP contribution in [0, 0.1) is 5.82 Å². The van der Waals surface area contributed by atoms with Crippen LogP contribution in [0.4, 0.5) is 21.5 Å². The van der Waals surface area contributed by atoms with E-state index in [-0.39, 0.29) is 17.5 Å². The maximum atomic E-state index is 13.0. The number of carbonyl (C=O) groups is 1. The summed E-state index contributed by atoms with van der Waals surface area (Å²) in [7, 11) is 0. The molecule has 0 saturated carbocycles. The summed E-state index contributed by atoms with van der Waals surface area (Å²) >= 11 is 1.22. The highest BCUT2D eigenvalue weighted by Crippen LogP contribution is 2.20.